The van der Waals surface area contributed by atoms with Crippen molar-refractivity contribution < 1.29 is 23.9 Å². The number of barbiturate groups is 1. The first kappa shape index (κ1) is 25.4. The molecule has 11 heteroatoms. The molecule has 182 valence electrons. The molecule has 0 aliphatic carbocycles. The fraction of sp³-hybridized carbons (Fsp3) is 0.0400. The first-order chi connectivity index (χ1) is 17.2. The van der Waals surface area contributed by atoms with Crippen molar-refractivity contribution in [2.45, 2.75) is 0 Å². The molecule has 2 N–H and O–H groups in total. The van der Waals surface area contributed by atoms with Crippen LogP contribution in [0.25, 0.3) is 6.08 Å². The maximum atomic E-state index is 13.1. The summed E-state index contributed by atoms with van der Waals surface area (Å²) in [5.41, 5.74) is 0.705. The first-order valence-corrected chi connectivity index (χ1v) is 11.9. The Kier molecular flexibility index (Phi) is 7.73. The number of nitrogens with zero attached hydrogens (tertiary/aromatic N) is 1. The second-order valence-electron chi connectivity index (χ2n) is 7.43. The molecule has 1 heterocycles. The Bertz CT molecular complexity index is 1410. The first-order valence-electron chi connectivity index (χ1n) is 10.4. The lowest BCUT2D eigenvalue weighted by Crippen LogP contribution is -2.54. The van der Waals surface area contributed by atoms with Crippen molar-refractivity contribution in [3.63, 3.8) is 0 Å². The van der Waals surface area contributed by atoms with Crippen LogP contribution in [-0.2, 0) is 14.4 Å². The lowest BCUT2D eigenvalue weighted by Gasteiger charge is -2.26. The van der Waals surface area contributed by atoms with Crippen molar-refractivity contribution in [2.75, 3.05) is 16.8 Å². The molecule has 8 nitrogen and oxygen atoms in total. The highest BCUT2D eigenvalue weighted by Gasteiger charge is 2.37. The number of para-hydroxylation sites is 1. The summed E-state index contributed by atoms with van der Waals surface area (Å²) in [5, 5.41) is 5.60. The fourth-order valence-electron chi connectivity index (χ4n) is 3.29. The Morgan fingerprint density at radius 1 is 1.03 bits per heavy atom. The molecule has 0 unspecified atom stereocenters. The SMILES string of the molecule is O=C(COc1ccc(Br)cc1/C=C1/C(=O)NC(=O)N(c2ccc(Cl)cc2)C1=O)Nc1ccccc1Cl. The second kappa shape index (κ2) is 10.9. The van der Waals surface area contributed by atoms with Crippen LogP contribution in [0.2, 0.25) is 10.0 Å². The quantitative estimate of drug-likeness (QED) is 0.295. The lowest BCUT2D eigenvalue weighted by molar-refractivity contribution is -0.122. The van der Waals surface area contributed by atoms with Crippen LogP contribution in [0.4, 0.5) is 16.2 Å². The molecular weight excluding hydrogens is 573 g/mol. The van der Waals surface area contributed by atoms with E-state index in [0.29, 0.717) is 25.8 Å². The summed E-state index contributed by atoms with van der Waals surface area (Å²) in [6, 6.07) is 16.7. The Morgan fingerprint density at radius 3 is 2.47 bits per heavy atom. The van der Waals surface area contributed by atoms with Crippen molar-refractivity contribution in [1.82, 2.24) is 5.32 Å². The molecule has 0 aromatic heterocycles. The largest absolute Gasteiger partial charge is 0.483 e. The fourth-order valence-corrected chi connectivity index (χ4v) is 3.98. The van der Waals surface area contributed by atoms with Crippen molar-refractivity contribution >= 4 is 80.3 Å². The normalized spacial score (nSPS) is 14.6. The Morgan fingerprint density at radius 2 is 1.75 bits per heavy atom. The Balaban J connectivity index is 1.58. The van der Waals surface area contributed by atoms with Gasteiger partial charge in [-0.1, -0.05) is 51.3 Å². The van der Waals surface area contributed by atoms with E-state index in [1.54, 1.807) is 42.5 Å². The predicted octanol–water partition coefficient (Wildman–Crippen LogP) is 5.44. The van der Waals surface area contributed by atoms with Gasteiger partial charge in [-0.15, -0.1) is 0 Å². The summed E-state index contributed by atoms with van der Waals surface area (Å²) in [7, 11) is 0. The molecule has 0 spiro atoms. The predicted molar refractivity (Wildman–Crippen MR) is 140 cm³/mol. The summed E-state index contributed by atoms with van der Waals surface area (Å²) in [5.74, 6) is -1.92. The molecule has 4 rings (SSSR count). The highest BCUT2D eigenvalue weighted by atomic mass is 79.9. The van der Waals surface area contributed by atoms with Gasteiger partial charge in [-0.2, -0.15) is 0 Å². The number of benzene rings is 3. The molecule has 0 atom stereocenters. The zero-order chi connectivity index (χ0) is 25.8. The van der Waals surface area contributed by atoms with Crippen molar-refractivity contribution in [2.24, 2.45) is 0 Å². The third kappa shape index (κ3) is 5.76. The third-order valence-electron chi connectivity index (χ3n) is 4.96. The van der Waals surface area contributed by atoms with Crippen LogP contribution in [0.3, 0.4) is 0 Å². The van der Waals surface area contributed by atoms with Gasteiger partial charge in [0.15, 0.2) is 6.61 Å². The van der Waals surface area contributed by atoms with Crippen molar-refractivity contribution in [3.8, 4) is 5.75 Å². The molecule has 1 fully saturated rings. The van der Waals surface area contributed by atoms with Gasteiger partial charge < -0.3 is 10.1 Å². The van der Waals surface area contributed by atoms with Gasteiger partial charge in [-0.25, -0.2) is 9.69 Å². The van der Waals surface area contributed by atoms with Gasteiger partial charge in [0.25, 0.3) is 17.7 Å². The van der Waals surface area contributed by atoms with Crippen LogP contribution < -0.4 is 20.3 Å². The number of carbonyl (C=O) groups is 4. The number of anilines is 2. The summed E-state index contributed by atoms with van der Waals surface area (Å²) in [6.45, 7) is -0.363. The molecular formula is C25H16BrCl2N3O5. The minimum Gasteiger partial charge on any atom is -0.483 e. The molecule has 0 saturated carbocycles. The number of halogens is 3. The van der Waals surface area contributed by atoms with Crippen LogP contribution in [0.1, 0.15) is 5.56 Å². The topological polar surface area (TPSA) is 105 Å². The monoisotopic (exact) mass is 587 g/mol. The minimum atomic E-state index is -0.883. The number of urea groups is 1. The molecule has 1 aliphatic rings. The number of hydrogen-bond acceptors (Lipinski definition) is 5. The van der Waals surface area contributed by atoms with E-state index in [4.69, 9.17) is 27.9 Å². The molecule has 1 saturated heterocycles. The van der Waals surface area contributed by atoms with Crippen LogP contribution in [0.15, 0.2) is 76.8 Å². The summed E-state index contributed by atoms with van der Waals surface area (Å²) in [4.78, 5) is 51.3. The van der Waals surface area contributed by atoms with Crippen molar-refractivity contribution in [3.05, 3.63) is 92.4 Å². The van der Waals surface area contributed by atoms with E-state index in [0.717, 1.165) is 4.90 Å². The zero-order valence-corrected chi connectivity index (χ0v) is 21.4. The number of ether oxygens (including phenoxy) is 1. The van der Waals surface area contributed by atoms with Crippen molar-refractivity contribution in [1.29, 1.82) is 0 Å². The van der Waals surface area contributed by atoms with E-state index >= 15 is 0 Å². The Hall–Kier alpha value is -3.66. The molecule has 0 bridgehead atoms. The van der Waals surface area contributed by atoms with Gasteiger partial charge in [-0.05, 0) is 60.7 Å². The highest BCUT2D eigenvalue weighted by molar-refractivity contribution is 9.10. The van der Waals surface area contributed by atoms with Gasteiger partial charge in [-0.3, -0.25) is 19.7 Å². The van der Waals surface area contributed by atoms with E-state index in [9.17, 15) is 19.2 Å². The van der Waals surface area contributed by atoms with E-state index in [1.807, 2.05) is 0 Å². The zero-order valence-electron chi connectivity index (χ0n) is 18.3. The average Bonchev–Trinajstić information content (AvgIpc) is 2.84. The Labute approximate surface area is 223 Å². The van der Waals surface area contributed by atoms with E-state index in [1.165, 1.54) is 30.3 Å². The standard InChI is InChI=1S/C25H16BrCl2N3O5/c26-15-5-10-21(36-13-22(32)29-20-4-2-1-3-19(20)28)14(11-15)12-18-23(33)30-25(35)31(24(18)34)17-8-6-16(27)7-9-17/h1-12H,13H2,(H,29,32)(H,30,33,35)/b18-12-. The molecule has 5 amide bonds. The summed E-state index contributed by atoms with van der Waals surface area (Å²) in [6.07, 6.45) is 1.29. The second-order valence-corrected chi connectivity index (χ2v) is 9.19. The molecule has 1 aliphatic heterocycles. The van der Waals surface area contributed by atoms with Crippen LogP contribution in [0.5, 0.6) is 5.75 Å². The van der Waals surface area contributed by atoms with E-state index in [-0.39, 0.29) is 23.6 Å². The molecule has 3 aromatic carbocycles. The molecule has 36 heavy (non-hydrogen) atoms. The smallest absolute Gasteiger partial charge is 0.335 e. The number of carbonyl (C=O) groups excluding carboxylic acids is 4. The maximum absolute atomic E-state index is 13.1. The van der Waals surface area contributed by atoms with Gasteiger partial charge >= 0.3 is 6.03 Å². The highest BCUT2D eigenvalue weighted by Crippen LogP contribution is 2.29. The number of rotatable bonds is 6. The molecule has 3 aromatic rings. The van der Waals surface area contributed by atoms with E-state index < -0.39 is 23.8 Å². The molecule has 0 radical (unpaired) electrons. The number of amides is 5. The lowest BCUT2D eigenvalue weighted by atomic mass is 10.1. The number of imide groups is 2. The van der Waals surface area contributed by atoms with Gasteiger partial charge in [0.2, 0.25) is 0 Å². The maximum Gasteiger partial charge on any atom is 0.335 e. The number of nitrogens with one attached hydrogen (secondary N) is 2. The van der Waals surface area contributed by atoms with E-state index in [2.05, 4.69) is 26.6 Å². The van der Waals surface area contributed by atoms with Crippen LogP contribution in [-0.4, -0.2) is 30.4 Å². The van der Waals surface area contributed by atoms with Crippen LogP contribution in [0, 0.1) is 0 Å². The number of hydrogen-bond donors (Lipinski definition) is 2. The average molecular weight is 589 g/mol. The van der Waals surface area contributed by atoms with Gasteiger partial charge in [0, 0.05) is 15.1 Å². The summed E-state index contributed by atoms with van der Waals surface area (Å²) >= 11 is 15.3. The van der Waals surface area contributed by atoms with Gasteiger partial charge in [0.05, 0.1) is 16.4 Å². The van der Waals surface area contributed by atoms with Crippen LogP contribution >= 0.6 is 39.1 Å². The minimum absolute atomic E-state index is 0.232. The van der Waals surface area contributed by atoms with Gasteiger partial charge in [0.1, 0.15) is 11.3 Å². The summed E-state index contributed by atoms with van der Waals surface area (Å²) < 4.78 is 6.30. The third-order valence-corrected chi connectivity index (χ3v) is 6.04.